The van der Waals surface area contributed by atoms with Crippen LogP contribution in [0.5, 0.6) is 0 Å². The van der Waals surface area contributed by atoms with Crippen LogP contribution in [0.3, 0.4) is 0 Å². The molecule has 17 heavy (non-hydrogen) atoms. The van der Waals surface area contributed by atoms with Gasteiger partial charge in [-0.1, -0.05) is 30.1 Å². The largest absolute Gasteiger partial charge is 0.351 e. The highest BCUT2D eigenvalue weighted by Crippen LogP contribution is 2.47. The van der Waals surface area contributed by atoms with Crippen LogP contribution in [0, 0.1) is 5.41 Å². The molecule has 5 heteroatoms. The van der Waals surface area contributed by atoms with Crippen LogP contribution in [0.4, 0.5) is 0 Å². The summed E-state index contributed by atoms with van der Waals surface area (Å²) in [5.74, 6) is -0.181. The van der Waals surface area contributed by atoms with E-state index in [9.17, 15) is 4.79 Å². The van der Waals surface area contributed by atoms with Gasteiger partial charge in [0.25, 0.3) is 5.91 Å². The number of carbonyl (C=O) groups excluding carboxylic acids is 1. The molecule has 1 aromatic rings. The zero-order valence-corrected chi connectivity index (χ0v) is 11.1. The Labute approximate surface area is 111 Å². The Balaban J connectivity index is 2.02. The molecule has 1 fully saturated rings. The lowest BCUT2D eigenvalue weighted by Gasteiger charge is -2.13. The topological polar surface area (TPSA) is 42.0 Å². The monoisotopic (exact) mass is 272 g/mol. The SMILES string of the molecule is CCC1(CNC(=O)c2cc(Cl)ncc2Cl)CC1. The third kappa shape index (κ3) is 2.90. The van der Waals surface area contributed by atoms with E-state index in [-0.39, 0.29) is 11.1 Å². The number of hydrogen-bond acceptors (Lipinski definition) is 2. The molecule has 1 aromatic heterocycles. The molecule has 1 heterocycles. The first-order valence-corrected chi connectivity index (χ1v) is 6.41. The van der Waals surface area contributed by atoms with E-state index in [1.807, 2.05) is 0 Å². The fourth-order valence-electron chi connectivity index (χ4n) is 1.78. The molecule has 0 atom stereocenters. The quantitative estimate of drug-likeness (QED) is 0.855. The predicted octanol–water partition coefficient (Wildman–Crippen LogP) is 3.31. The van der Waals surface area contributed by atoms with E-state index in [1.54, 1.807) is 0 Å². The third-order valence-corrected chi connectivity index (χ3v) is 3.91. The summed E-state index contributed by atoms with van der Waals surface area (Å²) in [5.41, 5.74) is 0.706. The van der Waals surface area contributed by atoms with Gasteiger partial charge in [0.15, 0.2) is 0 Å². The van der Waals surface area contributed by atoms with Crippen molar-refractivity contribution in [3.8, 4) is 0 Å². The minimum atomic E-state index is -0.181. The first-order chi connectivity index (χ1) is 8.06. The summed E-state index contributed by atoms with van der Waals surface area (Å²) < 4.78 is 0. The van der Waals surface area contributed by atoms with Gasteiger partial charge in [0, 0.05) is 12.7 Å². The highest BCUT2D eigenvalue weighted by atomic mass is 35.5. The highest BCUT2D eigenvalue weighted by Gasteiger charge is 2.40. The van der Waals surface area contributed by atoms with E-state index in [2.05, 4.69) is 17.2 Å². The van der Waals surface area contributed by atoms with Gasteiger partial charge in [-0.2, -0.15) is 0 Å². The number of aromatic nitrogens is 1. The zero-order valence-electron chi connectivity index (χ0n) is 9.59. The van der Waals surface area contributed by atoms with Crippen molar-refractivity contribution in [1.82, 2.24) is 10.3 Å². The van der Waals surface area contributed by atoms with Gasteiger partial charge in [-0.25, -0.2) is 4.98 Å². The molecule has 1 N–H and O–H groups in total. The summed E-state index contributed by atoms with van der Waals surface area (Å²) in [5, 5.41) is 3.51. The zero-order chi connectivity index (χ0) is 12.5. The minimum Gasteiger partial charge on any atom is -0.351 e. The number of nitrogens with zero attached hydrogens (tertiary/aromatic N) is 1. The number of nitrogens with one attached hydrogen (secondary N) is 1. The fourth-order valence-corrected chi connectivity index (χ4v) is 2.13. The van der Waals surface area contributed by atoms with Gasteiger partial charge in [-0.05, 0) is 30.7 Å². The van der Waals surface area contributed by atoms with Crippen LogP contribution in [0.2, 0.25) is 10.2 Å². The first kappa shape index (κ1) is 12.7. The van der Waals surface area contributed by atoms with Crippen LogP contribution >= 0.6 is 23.2 Å². The van der Waals surface area contributed by atoms with E-state index < -0.39 is 0 Å². The van der Waals surface area contributed by atoms with Gasteiger partial charge in [0.05, 0.1) is 10.6 Å². The average molecular weight is 273 g/mol. The predicted molar refractivity (Wildman–Crippen MR) is 68.5 cm³/mol. The lowest BCUT2D eigenvalue weighted by molar-refractivity contribution is 0.0944. The van der Waals surface area contributed by atoms with Crippen molar-refractivity contribution in [2.24, 2.45) is 5.41 Å². The van der Waals surface area contributed by atoms with Crippen LogP contribution in [0.1, 0.15) is 36.5 Å². The molecular formula is C12H14Cl2N2O. The third-order valence-electron chi connectivity index (χ3n) is 3.40. The maximum Gasteiger partial charge on any atom is 0.252 e. The molecule has 1 amide bonds. The van der Waals surface area contributed by atoms with E-state index >= 15 is 0 Å². The summed E-state index contributed by atoms with van der Waals surface area (Å²) in [6.07, 6.45) is 4.87. The molecule has 1 aliphatic rings. The van der Waals surface area contributed by atoms with Gasteiger partial charge in [0.2, 0.25) is 0 Å². The van der Waals surface area contributed by atoms with Crippen LogP contribution in [-0.4, -0.2) is 17.4 Å². The lowest BCUT2D eigenvalue weighted by atomic mass is 10.0. The molecule has 0 radical (unpaired) electrons. The molecule has 0 spiro atoms. The van der Waals surface area contributed by atoms with Crippen molar-refractivity contribution in [1.29, 1.82) is 0 Å². The number of amides is 1. The van der Waals surface area contributed by atoms with Gasteiger partial charge < -0.3 is 5.32 Å². The van der Waals surface area contributed by atoms with Crippen LogP contribution in [0.15, 0.2) is 12.3 Å². The van der Waals surface area contributed by atoms with Crippen molar-refractivity contribution in [3.05, 3.63) is 28.0 Å². The van der Waals surface area contributed by atoms with Crippen LogP contribution in [0.25, 0.3) is 0 Å². The second-order valence-electron chi connectivity index (χ2n) is 4.52. The Bertz CT molecular complexity index is 444. The normalized spacial score (nSPS) is 16.6. The highest BCUT2D eigenvalue weighted by molar-refractivity contribution is 6.35. The van der Waals surface area contributed by atoms with Gasteiger partial charge in [0.1, 0.15) is 5.15 Å². The number of carbonyl (C=O) groups is 1. The van der Waals surface area contributed by atoms with Gasteiger partial charge in [-0.3, -0.25) is 4.79 Å². The summed E-state index contributed by atoms with van der Waals surface area (Å²) >= 11 is 11.6. The molecule has 1 saturated carbocycles. The molecule has 0 bridgehead atoms. The number of pyridine rings is 1. The summed E-state index contributed by atoms with van der Waals surface area (Å²) in [7, 11) is 0. The standard InChI is InChI=1S/C12H14Cl2N2O/c1-2-12(3-4-12)7-16-11(17)8-5-10(14)15-6-9(8)13/h5-6H,2-4,7H2,1H3,(H,16,17). The second kappa shape index (κ2) is 4.83. The van der Waals surface area contributed by atoms with E-state index in [0.29, 0.717) is 22.5 Å². The second-order valence-corrected chi connectivity index (χ2v) is 5.32. The Morgan fingerprint density at radius 3 is 2.82 bits per heavy atom. The van der Waals surface area contributed by atoms with E-state index in [1.165, 1.54) is 25.1 Å². The molecule has 2 rings (SSSR count). The molecule has 0 aromatic carbocycles. The number of hydrogen-bond donors (Lipinski definition) is 1. The number of rotatable bonds is 4. The molecule has 92 valence electrons. The lowest BCUT2D eigenvalue weighted by Crippen LogP contribution is -2.30. The Kier molecular flexibility index (Phi) is 3.59. The van der Waals surface area contributed by atoms with E-state index in [0.717, 1.165) is 6.42 Å². The summed E-state index contributed by atoms with van der Waals surface area (Å²) in [6, 6.07) is 1.49. The molecular weight excluding hydrogens is 259 g/mol. The molecule has 0 saturated heterocycles. The fraction of sp³-hybridized carbons (Fsp3) is 0.500. The molecule has 1 aliphatic carbocycles. The average Bonchev–Trinajstić information content (AvgIpc) is 3.10. The number of halogens is 2. The Morgan fingerprint density at radius 1 is 1.53 bits per heavy atom. The van der Waals surface area contributed by atoms with E-state index in [4.69, 9.17) is 23.2 Å². The Hall–Kier alpha value is -0.800. The van der Waals surface area contributed by atoms with Gasteiger partial charge >= 0.3 is 0 Å². The van der Waals surface area contributed by atoms with Gasteiger partial charge in [-0.15, -0.1) is 0 Å². The summed E-state index contributed by atoms with van der Waals surface area (Å²) in [6.45, 7) is 2.86. The molecule has 0 unspecified atom stereocenters. The maximum atomic E-state index is 11.9. The Morgan fingerprint density at radius 2 is 2.24 bits per heavy atom. The van der Waals surface area contributed by atoms with Crippen molar-refractivity contribution in [2.45, 2.75) is 26.2 Å². The van der Waals surface area contributed by atoms with Crippen molar-refractivity contribution >= 4 is 29.1 Å². The van der Waals surface area contributed by atoms with Crippen LogP contribution in [-0.2, 0) is 0 Å². The maximum absolute atomic E-state index is 11.9. The molecule has 0 aliphatic heterocycles. The summed E-state index contributed by atoms with van der Waals surface area (Å²) in [4.78, 5) is 15.7. The van der Waals surface area contributed by atoms with Crippen LogP contribution < -0.4 is 5.32 Å². The van der Waals surface area contributed by atoms with Crippen molar-refractivity contribution in [3.63, 3.8) is 0 Å². The first-order valence-electron chi connectivity index (χ1n) is 5.65. The smallest absolute Gasteiger partial charge is 0.252 e. The van der Waals surface area contributed by atoms with Crippen molar-refractivity contribution in [2.75, 3.05) is 6.54 Å². The minimum absolute atomic E-state index is 0.181. The van der Waals surface area contributed by atoms with Crippen molar-refractivity contribution < 1.29 is 4.79 Å². The molecule has 3 nitrogen and oxygen atoms in total.